The van der Waals surface area contributed by atoms with Gasteiger partial charge < -0.3 is 0 Å². The zero-order valence-corrected chi connectivity index (χ0v) is 38.8. The van der Waals surface area contributed by atoms with E-state index in [1.54, 1.807) is 0 Å². The Balaban J connectivity index is 1.21. The van der Waals surface area contributed by atoms with Crippen molar-refractivity contribution in [3.8, 4) is 0 Å². The smallest absolute Gasteiger partial charge is 0.152 e. The van der Waals surface area contributed by atoms with Crippen LogP contribution in [-0.2, 0) is 44.9 Å². The van der Waals surface area contributed by atoms with Crippen molar-refractivity contribution in [3.63, 3.8) is 0 Å². The van der Waals surface area contributed by atoms with Crippen LogP contribution in [0.4, 0.5) is 0 Å². The Kier molecular flexibility index (Phi) is 13.4. The lowest BCUT2D eigenvalue weighted by Crippen LogP contribution is -2.42. The highest BCUT2D eigenvalue weighted by molar-refractivity contribution is 6.18. The van der Waals surface area contributed by atoms with Crippen molar-refractivity contribution in [2.45, 2.75) is 194 Å². The van der Waals surface area contributed by atoms with Gasteiger partial charge in [-0.3, -0.25) is 19.2 Å². The number of rotatable bonds is 20. The first-order chi connectivity index (χ1) is 30.3. The van der Waals surface area contributed by atoms with E-state index in [4.69, 9.17) is 0 Å². The molecular formula is C58H76O4. The van der Waals surface area contributed by atoms with Crippen molar-refractivity contribution in [2.24, 2.45) is 47.3 Å². The zero-order chi connectivity index (χ0) is 43.1. The summed E-state index contributed by atoms with van der Waals surface area (Å²) >= 11 is 0. The van der Waals surface area contributed by atoms with Crippen LogP contribution in [0.2, 0.25) is 0 Å². The van der Waals surface area contributed by atoms with E-state index in [9.17, 15) is 0 Å². The average Bonchev–Trinajstić information content (AvgIpc) is 3.69. The van der Waals surface area contributed by atoms with Crippen LogP contribution < -0.4 is 0 Å². The van der Waals surface area contributed by atoms with Gasteiger partial charge in [-0.2, -0.15) is 0 Å². The number of allylic oxidation sites excluding steroid dienone is 4. The fourth-order valence-corrected chi connectivity index (χ4v) is 14.7. The minimum Gasteiger partial charge on any atom is -0.298 e. The summed E-state index contributed by atoms with van der Waals surface area (Å²) < 4.78 is 0. The van der Waals surface area contributed by atoms with Gasteiger partial charge in [-0.05, 0) is 108 Å². The van der Waals surface area contributed by atoms with Crippen LogP contribution in [0.1, 0.15) is 201 Å². The second-order valence-corrected chi connectivity index (χ2v) is 21.3. The molecule has 0 saturated heterocycles. The quantitative estimate of drug-likeness (QED) is 0.0757. The van der Waals surface area contributed by atoms with Crippen molar-refractivity contribution in [1.29, 1.82) is 0 Å². The monoisotopic (exact) mass is 837 g/mol. The number of benzene rings is 2. The van der Waals surface area contributed by atoms with Crippen LogP contribution >= 0.6 is 0 Å². The van der Waals surface area contributed by atoms with Gasteiger partial charge >= 0.3 is 0 Å². The molecule has 0 N–H and O–H groups in total. The second-order valence-electron chi connectivity index (χ2n) is 21.3. The van der Waals surface area contributed by atoms with Crippen molar-refractivity contribution >= 4 is 23.1 Å². The van der Waals surface area contributed by atoms with Crippen molar-refractivity contribution in [3.05, 3.63) is 92.1 Å². The molecule has 4 nitrogen and oxygen atoms in total. The third-order valence-electron chi connectivity index (χ3n) is 17.7. The second kappa shape index (κ2) is 19.0. The Labute approximate surface area is 374 Å². The minimum absolute atomic E-state index is 0.113. The van der Waals surface area contributed by atoms with Gasteiger partial charge in [0.05, 0.1) is 0 Å². The maximum absolute atomic E-state index is 15.2. The molecule has 12 rings (SSSR count). The molecule has 0 spiro atoms. The van der Waals surface area contributed by atoms with Gasteiger partial charge in [-0.15, -0.1) is 0 Å². The molecule has 0 amide bonds. The molecule has 6 unspecified atom stereocenters. The zero-order valence-electron chi connectivity index (χ0n) is 38.8. The summed E-state index contributed by atoms with van der Waals surface area (Å²) in [6.07, 6.45) is 26.1. The van der Waals surface area contributed by atoms with Gasteiger partial charge in [0, 0.05) is 23.7 Å². The number of unbranched alkanes of at least 4 members (excludes halogenated alkanes) is 12. The van der Waals surface area contributed by atoms with Crippen molar-refractivity contribution in [1.82, 2.24) is 0 Å². The standard InChI is InChI=1S/C58H76O4/c1-5-9-13-17-21-41-45-31-37-29-39-33-47-43(23-19-15-11-7-3)53-54-44(24-20-16-12-8-4)48(47)34-40(39)30-38(37)32-46(45)42(22-18-14-10-6-2)52-51(41)55(59)49(56(52)60)35-25-27-36(28-26-35)50(57(53)61)58(54)62/h25-30,41-44,49-54H,5-24,31-34H2,1-4H3/t41-,42+,43+,44-,49?,50?,51?,52?,53?,54?. The topological polar surface area (TPSA) is 68.3 Å². The molecule has 2 fully saturated rings. The van der Waals surface area contributed by atoms with Crippen molar-refractivity contribution in [2.75, 3.05) is 0 Å². The molecule has 10 atom stereocenters. The number of hydrogen-bond donors (Lipinski definition) is 0. The van der Waals surface area contributed by atoms with Gasteiger partial charge in [0.1, 0.15) is 11.8 Å². The SMILES string of the molecule is CCCCCC[C@@H]1C2=C3Cc4cc5c(cc4C2)CC2=C(C5)[C@@H](CCCCCC)C4C(=O)C(C(=O)C4[C@H]2CCCCCC)c2ccc(cc2)C2C(=O)C1C(C2=O)[C@H]3CCCCCC. The maximum Gasteiger partial charge on any atom is 0.152 e. The van der Waals surface area contributed by atoms with Crippen LogP contribution in [0, 0.1) is 47.3 Å². The van der Waals surface area contributed by atoms with E-state index in [2.05, 4.69) is 39.8 Å². The van der Waals surface area contributed by atoms with E-state index < -0.39 is 11.8 Å². The Morgan fingerprint density at radius 3 is 0.823 bits per heavy atom. The lowest BCUT2D eigenvalue weighted by Gasteiger charge is -2.46. The molecule has 332 valence electrons. The molecule has 62 heavy (non-hydrogen) atoms. The predicted octanol–water partition coefficient (Wildman–Crippen LogP) is 13.5. The molecule has 16 bridgehead atoms. The highest BCUT2D eigenvalue weighted by atomic mass is 16.2. The molecule has 0 radical (unpaired) electrons. The van der Waals surface area contributed by atoms with E-state index in [1.807, 2.05) is 24.3 Å². The third kappa shape index (κ3) is 7.71. The van der Waals surface area contributed by atoms with Crippen molar-refractivity contribution < 1.29 is 19.2 Å². The number of Topliss-reactive ketones (excluding diaryl/α,β-unsaturated/α-hetero) is 4. The van der Waals surface area contributed by atoms with Crippen LogP contribution in [0.3, 0.4) is 0 Å². The minimum atomic E-state index is -0.770. The van der Waals surface area contributed by atoms with Gasteiger partial charge in [-0.25, -0.2) is 0 Å². The van der Waals surface area contributed by atoms with Crippen LogP contribution in [-0.4, -0.2) is 23.1 Å². The summed E-state index contributed by atoms with van der Waals surface area (Å²) in [4.78, 5) is 60.8. The van der Waals surface area contributed by atoms with E-state index in [0.29, 0.717) is 0 Å². The molecule has 4 heteroatoms. The molecule has 0 aromatic heterocycles. The van der Waals surface area contributed by atoms with E-state index in [-0.39, 0.29) is 70.5 Å². The predicted molar refractivity (Wildman–Crippen MR) is 250 cm³/mol. The number of carbonyl (C=O) groups excluding carboxylic acids is 4. The highest BCUT2D eigenvalue weighted by Crippen LogP contribution is 2.59. The summed E-state index contributed by atoms with van der Waals surface area (Å²) in [6.45, 7) is 9.05. The molecule has 2 saturated carbocycles. The lowest BCUT2D eigenvalue weighted by atomic mass is 9.57. The molecular weight excluding hydrogens is 761 g/mol. The first-order valence-corrected chi connectivity index (χ1v) is 26.1. The fourth-order valence-electron chi connectivity index (χ4n) is 14.7. The molecule has 2 aromatic rings. The Hall–Kier alpha value is -3.40. The highest BCUT2D eigenvalue weighted by Gasteiger charge is 2.61. The summed E-state index contributed by atoms with van der Waals surface area (Å²) in [7, 11) is 0. The van der Waals surface area contributed by atoms with E-state index in [1.165, 1.54) is 122 Å². The Bertz CT molecular complexity index is 1830. The van der Waals surface area contributed by atoms with Gasteiger partial charge in [0.2, 0.25) is 0 Å². The number of carbonyl (C=O) groups is 4. The summed E-state index contributed by atoms with van der Waals surface area (Å²) in [5.74, 6) is -1.63. The normalized spacial score (nSPS) is 30.3. The first-order valence-electron chi connectivity index (χ1n) is 26.1. The van der Waals surface area contributed by atoms with Crippen LogP contribution in [0.15, 0.2) is 58.7 Å². The molecule has 2 aromatic carbocycles. The summed E-state index contributed by atoms with van der Waals surface area (Å²) in [5.41, 5.74) is 13.4. The molecule has 0 heterocycles. The summed E-state index contributed by atoms with van der Waals surface area (Å²) in [6, 6.07) is 13.0. The number of ketones is 4. The summed E-state index contributed by atoms with van der Waals surface area (Å²) in [5, 5.41) is 0. The molecule has 10 aliphatic carbocycles. The van der Waals surface area contributed by atoms with Crippen LogP contribution in [0.25, 0.3) is 0 Å². The number of hydrogen-bond acceptors (Lipinski definition) is 4. The van der Waals surface area contributed by atoms with E-state index in [0.717, 1.165) is 88.2 Å². The lowest BCUT2D eigenvalue weighted by molar-refractivity contribution is -0.127. The van der Waals surface area contributed by atoms with Gasteiger partial charge in [0.15, 0.2) is 23.1 Å². The Morgan fingerprint density at radius 2 is 0.597 bits per heavy atom. The molecule has 10 aliphatic rings. The fraction of sp³-hybridized carbons (Fsp3) is 0.655. The van der Waals surface area contributed by atoms with E-state index >= 15 is 19.2 Å². The van der Waals surface area contributed by atoms with Crippen LogP contribution in [0.5, 0.6) is 0 Å². The third-order valence-corrected chi connectivity index (χ3v) is 17.7. The molecule has 0 aliphatic heterocycles. The maximum atomic E-state index is 15.2. The largest absolute Gasteiger partial charge is 0.298 e. The van der Waals surface area contributed by atoms with Gasteiger partial charge in [0.25, 0.3) is 0 Å². The Morgan fingerprint density at radius 1 is 0.355 bits per heavy atom. The van der Waals surface area contributed by atoms with Gasteiger partial charge in [-0.1, -0.05) is 189 Å². The average molecular weight is 837 g/mol. The first kappa shape index (κ1) is 43.8.